The minimum atomic E-state index is -0.358. The van der Waals surface area contributed by atoms with Crippen LogP contribution in [0.1, 0.15) is 26.2 Å². The van der Waals surface area contributed by atoms with E-state index in [1.165, 1.54) is 12.8 Å². The van der Waals surface area contributed by atoms with Gasteiger partial charge in [0, 0.05) is 27.4 Å². The maximum atomic E-state index is 11.5. The van der Waals surface area contributed by atoms with Crippen molar-refractivity contribution in [1.29, 1.82) is 0 Å². The summed E-state index contributed by atoms with van der Waals surface area (Å²) in [7, 11) is 3.25. The van der Waals surface area contributed by atoms with E-state index in [2.05, 4.69) is 5.32 Å². The van der Waals surface area contributed by atoms with E-state index in [1.54, 1.807) is 21.1 Å². The lowest BCUT2D eigenvalue weighted by atomic mass is 10.0. The van der Waals surface area contributed by atoms with Crippen molar-refractivity contribution >= 4 is 5.91 Å². The molecule has 1 aliphatic rings. The largest absolute Gasteiger partial charge is 0.385 e. The van der Waals surface area contributed by atoms with Crippen molar-refractivity contribution in [2.75, 3.05) is 27.4 Å². The normalized spacial score (nSPS) is 19.7. The van der Waals surface area contributed by atoms with Crippen molar-refractivity contribution < 1.29 is 14.3 Å². The Kier molecular flexibility index (Phi) is 4.54. The van der Waals surface area contributed by atoms with Crippen LogP contribution >= 0.6 is 0 Å². The Hall–Kier alpha value is -0.610. The van der Waals surface area contributed by atoms with Gasteiger partial charge in [-0.25, -0.2) is 0 Å². The molecule has 0 aliphatic heterocycles. The molecule has 1 atom stereocenters. The molecule has 1 fully saturated rings. The van der Waals surface area contributed by atoms with Gasteiger partial charge in [-0.1, -0.05) is 0 Å². The first-order valence-electron chi connectivity index (χ1n) is 5.43. The first kappa shape index (κ1) is 12.5. The van der Waals surface area contributed by atoms with Crippen LogP contribution in [0.15, 0.2) is 0 Å². The third kappa shape index (κ3) is 3.80. The molecule has 1 unspecified atom stereocenters. The minimum Gasteiger partial charge on any atom is -0.385 e. The van der Waals surface area contributed by atoms with E-state index in [-0.39, 0.29) is 12.0 Å². The van der Waals surface area contributed by atoms with Crippen molar-refractivity contribution in [3.8, 4) is 0 Å². The SMILES string of the molecule is COCCC1(CNC(=O)C(C)OC)CC1. The molecule has 1 rings (SSSR count). The molecule has 4 nitrogen and oxygen atoms in total. The summed E-state index contributed by atoms with van der Waals surface area (Å²) >= 11 is 0. The predicted octanol–water partition coefficient (Wildman–Crippen LogP) is 0.954. The van der Waals surface area contributed by atoms with E-state index in [0.717, 1.165) is 19.6 Å². The summed E-state index contributed by atoms with van der Waals surface area (Å²) in [5, 5.41) is 2.93. The second kappa shape index (κ2) is 5.47. The number of hydrogen-bond acceptors (Lipinski definition) is 3. The van der Waals surface area contributed by atoms with Crippen LogP contribution in [0.4, 0.5) is 0 Å². The number of ether oxygens (including phenoxy) is 2. The van der Waals surface area contributed by atoms with Crippen LogP contribution in [0.25, 0.3) is 0 Å². The van der Waals surface area contributed by atoms with Crippen LogP contribution in [0.3, 0.4) is 0 Å². The van der Waals surface area contributed by atoms with Gasteiger partial charge in [0.1, 0.15) is 6.10 Å². The Morgan fingerprint density at radius 3 is 2.60 bits per heavy atom. The molecule has 0 bridgehead atoms. The number of carbonyl (C=O) groups excluding carboxylic acids is 1. The Morgan fingerprint density at radius 1 is 1.47 bits per heavy atom. The molecule has 1 aliphatic carbocycles. The third-order valence-corrected chi connectivity index (χ3v) is 3.15. The van der Waals surface area contributed by atoms with Crippen LogP contribution in [0.2, 0.25) is 0 Å². The summed E-state index contributed by atoms with van der Waals surface area (Å²) in [5.74, 6) is -0.0267. The summed E-state index contributed by atoms with van der Waals surface area (Å²) in [5.41, 5.74) is 0.305. The maximum absolute atomic E-state index is 11.5. The standard InChI is InChI=1S/C11H21NO3/c1-9(15-3)10(13)12-8-11(4-5-11)6-7-14-2/h9H,4-8H2,1-3H3,(H,12,13). The molecule has 1 N–H and O–H groups in total. The van der Waals surface area contributed by atoms with E-state index in [1.807, 2.05) is 0 Å². The van der Waals surface area contributed by atoms with Gasteiger partial charge in [0.05, 0.1) is 0 Å². The lowest BCUT2D eigenvalue weighted by molar-refractivity contribution is -0.130. The molecule has 0 aromatic rings. The van der Waals surface area contributed by atoms with Crippen molar-refractivity contribution in [3.05, 3.63) is 0 Å². The van der Waals surface area contributed by atoms with Gasteiger partial charge in [-0.3, -0.25) is 4.79 Å². The van der Waals surface area contributed by atoms with Gasteiger partial charge in [-0.05, 0) is 31.6 Å². The molecule has 0 aromatic carbocycles. The number of carbonyl (C=O) groups is 1. The van der Waals surface area contributed by atoms with Crippen LogP contribution in [-0.4, -0.2) is 39.4 Å². The Morgan fingerprint density at radius 2 is 2.13 bits per heavy atom. The molecule has 0 spiro atoms. The highest BCUT2D eigenvalue weighted by Gasteiger charge is 2.42. The predicted molar refractivity (Wildman–Crippen MR) is 57.6 cm³/mol. The molecule has 0 heterocycles. The summed E-state index contributed by atoms with van der Waals surface area (Å²) in [6.45, 7) is 3.28. The Labute approximate surface area is 91.3 Å². The highest BCUT2D eigenvalue weighted by atomic mass is 16.5. The van der Waals surface area contributed by atoms with Crippen molar-refractivity contribution in [1.82, 2.24) is 5.32 Å². The number of amides is 1. The molecule has 1 saturated carbocycles. The fourth-order valence-corrected chi connectivity index (χ4v) is 1.54. The summed E-state index contributed by atoms with van der Waals surface area (Å²) < 4.78 is 10.00. The Balaban J connectivity index is 2.21. The fraction of sp³-hybridized carbons (Fsp3) is 0.909. The molecular weight excluding hydrogens is 194 g/mol. The fourth-order valence-electron chi connectivity index (χ4n) is 1.54. The Bertz CT molecular complexity index is 214. The third-order valence-electron chi connectivity index (χ3n) is 3.15. The highest BCUT2D eigenvalue weighted by Crippen LogP contribution is 2.48. The van der Waals surface area contributed by atoms with Gasteiger partial charge >= 0.3 is 0 Å². The van der Waals surface area contributed by atoms with E-state index in [4.69, 9.17) is 9.47 Å². The molecule has 0 aromatic heterocycles. The van der Waals surface area contributed by atoms with Gasteiger partial charge < -0.3 is 14.8 Å². The number of hydrogen-bond donors (Lipinski definition) is 1. The first-order valence-corrected chi connectivity index (χ1v) is 5.43. The molecular formula is C11H21NO3. The van der Waals surface area contributed by atoms with Crippen LogP contribution < -0.4 is 5.32 Å². The molecule has 0 radical (unpaired) electrons. The monoisotopic (exact) mass is 215 g/mol. The van der Waals surface area contributed by atoms with Gasteiger partial charge in [-0.2, -0.15) is 0 Å². The molecule has 0 saturated heterocycles. The average molecular weight is 215 g/mol. The molecule has 4 heteroatoms. The number of methoxy groups -OCH3 is 2. The minimum absolute atomic E-state index is 0.0267. The van der Waals surface area contributed by atoms with Crippen molar-refractivity contribution in [2.45, 2.75) is 32.3 Å². The van der Waals surface area contributed by atoms with Gasteiger partial charge in [0.2, 0.25) is 5.91 Å². The smallest absolute Gasteiger partial charge is 0.248 e. The second-order valence-electron chi connectivity index (χ2n) is 4.34. The first-order chi connectivity index (χ1) is 7.13. The zero-order valence-corrected chi connectivity index (χ0v) is 9.84. The summed E-state index contributed by atoms with van der Waals surface area (Å²) in [6.07, 6.45) is 3.06. The van der Waals surface area contributed by atoms with Crippen molar-refractivity contribution in [3.63, 3.8) is 0 Å². The zero-order chi connectivity index (χ0) is 11.3. The second-order valence-corrected chi connectivity index (χ2v) is 4.34. The highest BCUT2D eigenvalue weighted by molar-refractivity contribution is 5.80. The van der Waals surface area contributed by atoms with E-state index in [0.29, 0.717) is 5.41 Å². The maximum Gasteiger partial charge on any atom is 0.248 e. The lowest BCUT2D eigenvalue weighted by Crippen LogP contribution is -2.37. The van der Waals surface area contributed by atoms with E-state index in [9.17, 15) is 4.79 Å². The lowest BCUT2D eigenvalue weighted by Gasteiger charge is -2.17. The topological polar surface area (TPSA) is 47.6 Å². The van der Waals surface area contributed by atoms with Gasteiger partial charge in [-0.15, -0.1) is 0 Å². The van der Waals surface area contributed by atoms with Crippen molar-refractivity contribution in [2.24, 2.45) is 5.41 Å². The molecule has 88 valence electrons. The van der Waals surface area contributed by atoms with Crippen LogP contribution in [0.5, 0.6) is 0 Å². The number of rotatable bonds is 7. The molecule has 15 heavy (non-hydrogen) atoms. The van der Waals surface area contributed by atoms with Gasteiger partial charge in [0.25, 0.3) is 0 Å². The average Bonchev–Trinajstić information content (AvgIpc) is 3.03. The van der Waals surface area contributed by atoms with Crippen LogP contribution in [0, 0.1) is 5.41 Å². The van der Waals surface area contributed by atoms with Crippen LogP contribution in [-0.2, 0) is 14.3 Å². The zero-order valence-electron chi connectivity index (χ0n) is 9.84. The van der Waals surface area contributed by atoms with Gasteiger partial charge in [0.15, 0.2) is 0 Å². The summed E-state index contributed by atoms with van der Waals surface area (Å²) in [6, 6.07) is 0. The van der Waals surface area contributed by atoms with E-state index < -0.39 is 0 Å². The quantitative estimate of drug-likeness (QED) is 0.688. The summed E-state index contributed by atoms with van der Waals surface area (Å²) in [4.78, 5) is 11.5. The molecule has 1 amide bonds. The van der Waals surface area contributed by atoms with E-state index >= 15 is 0 Å². The number of nitrogens with one attached hydrogen (secondary N) is 1.